The van der Waals surface area contributed by atoms with Crippen LogP contribution in [-0.4, -0.2) is 42.7 Å². The van der Waals surface area contributed by atoms with Crippen molar-refractivity contribution in [1.82, 2.24) is 9.97 Å². The molecule has 0 spiro atoms. The van der Waals surface area contributed by atoms with Crippen molar-refractivity contribution in [3.63, 3.8) is 0 Å². The van der Waals surface area contributed by atoms with Crippen molar-refractivity contribution < 1.29 is 4.39 Å². The van der Waals surface area contributed by atoms with E-state index in [-0.39, 0.29) is 5.82 Å². The van der Waals surface area contributed by atoms with Gasteiger partial charge in [0.15, 0.2) is 0 Å². The van der Waals surface area contributed by atoms with Gasteiger partial charge in [-0.3, -0.25) is 0 Å². The van der Waals surface area contributed by atoms with Gasteiger partial charge in [0.25, 0.3) is 0 Å². The Hall–Kier alpha value is -2.37. The quantitative estimate of drug-likeness (QED) is 0.854. The number of benzene rings is 1. The van der Waals surface area contributed by atoms with Gasteiger partial charge in [-0.1, -0.05) is 26.0 Å². The number of para-hydroxylation sites is 1. The van der Waals surface area contributed by atoms with Crippen molar-refractivity contribution in [3.05, 3.63) is 41.8 Å². The summed E-state index contributed by atoms with van der Waals surface area (Å²) >= 11 is 0. The third-order valence-electron chi connectivity index (χ3n) is 4.63. The molecule has 1 saturated heterocycles. The van der Waals surface area contributed by atoms with Crippen LogP contribution in [0.4, 0.5) is 21.8 Å². The molecule has 6 heteroatoms. The van der Waals surface area contributed by atoms with Crippen LogP contribution in [0.2, 0.25) is 0 Å². The fourth-order valence-electron chi connectivity index (χ4n) is 3.13. The standard InChI is InChI=1S/C20H28FN5/c1-15(2)8-9-22-19-14-16(3)23-20(24-19)26-12-10-25(11-13-26)18-7-5-4-6-17(18)21/h4-7,14-15H,8-13H2,1-3H3,(H,22,23,24). The SMILES string of the molecule is Cc1cc(NCCC(C)C)nc(N2CCN(c3ccccc3F)CC2)n1. The Labute approximate surface area is 155 Å². The number of rotatable bonds is 6. The zero-order valence-electron chi connectivity index (χ0n) is 15.9. The molecule has 5 nitrogen and oxygen atoms in total. The molecule has 0 radical (unpaired) electrons. The number of nitrogens with one attached hydrogen (secondary N) is 1. The maximum absolute atomic E-state index is 14.0. The lowest BCUT2D eigenvalue weighted by Gasteiger charge is -2.36. The molecule has 1 aliphatic rings. The van der Waals surface area contributed by atoms with Crippen LogP contribution in [0.5, 0.6) is 0 Å². The summed E-state index contributed by atoms with van der Waals surface area (Å²) in [4.78, 5) is 13.5. The Morgan fingerprint density at radius 1 is 1.08 bits per heavy atom. The Morgan fingerprint density at radius 3 is 2.46 bits per heavy atom. The second-order valence-electron chi connectivity index (χ2n) is 7.23. The predicted octanol–water partition coefficient (Wildman–Crippen LogP) is 3.71. The van der Waals surface area contributed by atoms with E-state index in [9.17, 15) is 4.39 Å². The second kappa shape index (κ2) is 8.34. The lowest BCUT2D eigenvalue weighted by Crippen LogP contribution is -2.47. The highest BCUT2D eigenvalue weighted by Gasteiger charge is 2.21. The van der Waals surface area contributed by atoms with Gasteiger partial charge < -0.3 is 15.1 Å². The number of anilines is 3. The first-order valence-electron chi connectivity index (χ1n) is 9.37. The molecule has 1 fully saturated rings. The Kier molecular flexibility index (Phi) is 5.91. The first-order chi connectivity index (χ1) is 12.5. The molecule has 2 heterocycles. The summed E-state index contributed by atoms with van der Waals surface area (Å²) in [5, 5.41) is 3.40. The lowest BCUT2D eigenvalue weighted by molar-refractivity contribution is 0.593. The van der Waals surface area contributed by atoms with E-state index < -0.39 is 0 Å². The minimum atomic E-state index is -0.163. The maximum Gasteiger partial charge on any atom is 0.227 e. The number of aromatic nitrogens is 2. The first kappa shape index (κ1) is 18.4. The summed E-state index contributed by atoms with van der Waals surface area (Å²) in [6, 6.07) is 8.94. The van der Waals surface area contributed by atoms with Crippen LogP contribution >= 0.6 is 0 Å². The van der Waals surface area contributed by atoms with Crippen LogP contribution in [0, 0.1) is 18.7 Å². The fraction of sp³-hybridized carbons (Fsp3) is 0.500. The smallest absolute Gasteiger partial charge is 0.227 e. The average molecular weight is 357 g/mol. The lowest BCUT2D eigenvalue weighted by atomic mass is 10.1. The minimum absolute atomic E-state index is 0.163. The van der Waals surface area contributed by atoms with Gasteiger partial charge in [0.05, 0.1) is 5.69 Å². The highest BCUT2D eigenvalue weighted by Crippen LogP contribution is 2.22. The van der Waals surface area contributed by atoms with Gasteiger partial charge >= 0.3 is 0 Å². The number of piperazine rings is 1. The van der Waals surface area contributed by atoms with Crippen LogP contribution in [0.15, 0.2) is 30.3 Å². The first-order valence-corrected chi connectivity index (χ1v) is 9.37. The highest BCUT2D eigenvalue weighted by molar-refractivity contribution is 5.50. The third kappa shape index (κ3) is 4.62. The van der Waals surface area contributed by atoms with Crippen LogP contribution in [-0.2, 0) is 0 Å². The molecule has 0 aliphatic carbocycles. The van der Waals surface area contributed by atoms with E-state index in [2.05, 4.69) is 38.9 Å². The molecule has 0 saturated carbocycles. The molecule has 0 atom stereocenters. The molecule has 140 valence electrons. The van der Waals surface area contributed by atoms with Gasteiger partial charge in [0.1, 0.15) is 11.6 Å². The largest absolute Gasteiger partial charge is 0.370 e. The van der Waals surface area contributed by atoms with Gasteiger partial charge in [-0.25, -0.2) is 9.37 Å². The predicted molar refractivity (Wildman–Crippen MR) is 106 cm³/mol. The molecule has 26 heavy (non-hydrogen) atoms. The Morgan fingerprint density at radius 2 is 1.77 bits per heavy atom. The van der Waals surface area contributed by atoms with E-state index in [0.717, 1.165) is 56.6 Å². The van der Waals surface area contributed by atoms with Crippen LogP contribution in [0.3, 0.4) is 0 Å². The van der Waals surface area contributed by atoms with Gasteiger partial charge in [0.2, 0.25) is 5.95 Å². The van der Waals surface area contributed by atoms with E-state index in [4.69, 9.17) is 0 Å². The number of halogens is 1. The summed E-state index contributed by atoms with van der Waals surface area (Å²) < 4.78 is 14.0. The monoisotopic (exact) mass is 357 g/mol. The van der Waals surface area contributed by atoms with Crippen LogP contribution < -0.4 is 15.1 Å². The topological polar surface area (TPSA) is 44.3 Å². The van der Waals surface area contributed by atoms with Crippen LogP contribution in [0.1, 0.15) is 26.0 Å². The summed E-state index contributed by atoms with van der Waals surface area (Å²) in [5.74, 6) is 2.13. The fourth-order valence-corrected chi connectivity index (χ4v) is 3.13. The molecule has 3 rings (SSSR count). The van der Waals surface area contributed by atoms with Crippen molar-refractivity contribution in [2.75, 3.05) is 47.8 Å². The molecule has 0 unspecified atom stereocenters. The van der Waals surface area contributed by atoms with Gasteiger partial charge in [-0.15, -0.1) is 0 Å². The van der Waals surface area contributed by atoms with E-state index in [1.54, 1.807) is 6.07 Å². The molecular formula is C20H28FN5. The maximum atomic E-state index is 14.0. The zero-order chi connectivity index (χ0) is 18.5. The molecule has 1 N–H and O–H groups in total. The Balaban J connectivity index is 1.63. The normalized spacial score (nSPS) is 14.8. The van der Waals surface area contributed by atoms with E-state index in [1.807, 2.05) is 25.1 Å². The molecule has 1 aromatic carbocycles. The van der Waals surface area contributed by atoms with Crippen molar-refractivity contribution in [2.45, 2.75) is 27.2 Å². The van der Waals surface area contributed by atoms with Gasteiger partial charge in [0, 0.05) is 44.5 Å². The van der Waals surface area contributed by atoms with Gasteiger partial charge in [-0.2, -0.15) is 4.98 Å². The summed E-state index contributed by atoms with van der Waals surface area (Å²) in [7, 11) is 0. The number of hydrogen-bond donors (Lipinski definition) is 1. The number of nitrogens with zero attached hydrogens (tertiary/aromatic N) is 4. The number of hydrogen-bond acceptors (Lipinski definition) is 5. The summed E-state index contributed by atoms with van der Waals surface area (Å²) in [6.45, 7) is 10.4. The second-order valence-corrected chi connectivity index (χ2v) is 7.23. The third-order valence-corrected chi connectivity index (χ3v) is 4.63. The van der Waals surface area contributed by atoms with E-state index >= 15 is 0 Å². The van der Waals surface area contributed by atoms with E-state index in [0.29, 0.717) is 11.6 Å². The summed E-state index contributed by atoms with van der Waals surface area (Å²) in [6.07, 6.45) is 1.11. The highest BCUT2D eigenvalue weighted by atomic mass is 19.1. The zero-order valence-corrected chi connectivity index (χ0v) is 15.9. The molecule has 1 aromatic heterocycles. The molecule has 2 aromatic rings. The van der Waals surface area contributed by atoms with Crippen LogP contribution in [0.25, 0.3) is 0 Å². The Bertz CT molecular complexity index is 726. The molecular weight excluding hydrogens is 329 g/mol. The minimum Gasteiger partial charge on any atom is -0.370 e. The van der Waals surface area contributed by atoms with Crippen molar-refractivity contribution in [3.8, 4) is 0 Å². The molecule has 0 amide bonds. The summed E-state index contributed by atoms with van der Waals surface area (Å²) in [5.41, 5.74) is 1.63. The van der Waals surface area contributed by atoms with E-state index in [1.165, 1.54) is 6.07 Å². The number of aryl methyl sites for hydroxylation is 1. The average Bonchev–Trinajstić information content (AvgIpc) is 2.61. The molecule has 0 bridgehead atoms. The molecule has 1 aliphatic heterocycles. The van der Waals surface area contributed by atoms with Crippen molar-refractivity contribution >= 4 is 17.5 Å². The van der Waals surface area contributed by atoms with Crippen molar-refractivity contribution in [1.29, 1.82) is 0 Å². The van der Waals surface area contributed by atoms with Gasteiger partial charge in [-0.05, 0) is 31.4 Å². The van der Waals surface area contributed by atoms with Crippen molar-refractivity contribution in [2.24, 2.45) is 5.92 Å².